The van der Waals surface area contributed by atoms with Crippen molar-refractivity contribution in [1.82, 2.24) is 0 Å². The summed E-state index contributed by atoms with van der Waals surface area (Å²) in [5, 5.41) is 0. The molecule has 278 valence electrons. The molecule has 0 aromatic heterocycles. The highest BCUT2D eigenvalue weighted by molar-refractivity contribution is 7.78. The topological polar surface area (TPSA) is 0 Å². The number of hydrogen-bond acceptors (Lipinski definition) is 0. The predicted octanol–water partition coefficient (Wildman–Crippen LogP) is 15.5. The fraction of sp³-hybridized carbons (Fsp3) is 1.00. The summed E-state index contributed by atoms with van der Waals surface area (Å²) in [6.07, 6.45) is 36.6. The Morgan fingerprint density at radius 3 is 0.587 bits per heavy atom. The first-order valence-corrected chi connectivity index (χ1v) is 30.8. The van der Waals surface area contributed by atoms with Crippen LogP contribution in [-0.2, 0) is 0 Å². The maximum Gasteiger partial charge on any atom is 0.0644 e. The summed E-state index contributed by atoms with van der Waals surface area (Å²) in [4.78, 5) is 0. The summed E-state index contributed by atoms with van der Waals surface area (Å²) in [6, 6.07) is 0. The van der Waals surface area contributed by atoms with E-state index in [4.69, 9.17) is 0 Å². The molecule has 0 atom stereocenters. The molecule has 0 bridgehead atoms. The SMILES string of the molecule is CCC[P+](CCC)(CCC)CCCC[P+](CCCC[P+](CCCC[P+](CCC)(CCC)CCC)(C(C)C)C(C)C)(C(C)C)C(C)C. The Hall–Kier alpha value is 1.72. The molecule has 0 saturated carbocycles. The van der Waals surface area contributed by atoms with Crippen LogP contribution in [0.15, 0.2) is 0 Å². The van der Waals surface area contributed by atoms with Crippen LogP contribution < -0.4 is 0 Å². The van der Waals surface area contributed by atoms with E-state index in [1.165, 1.54) is 77.0 Å². The first-order valence-electron chi connectivity index (χ1n) is 21.2. The van der Waals surface area contributed by atoms with Gasteiger partial charge in [0.1, 0.15) is 0 Å². The Kier molecular flexibility index (Phi) is 26.6. The van der Waals surface area contributed by atoms with E-state index in [2.05, 4.69) is 96.9 Å². The van der Waals surface area contributed by atoms with Crippen molar-refractivity contribution >= 4 is 29.0 Å². The molecule has 0 saturated heterocycles. The maximum absolute atomic E-state index is 2.62. The Morgan fingerprint density at radius 1 is 0.261 bits per heavy atom. The zero-order chi connectivity index (χ0) is 35.3. The normalized spacial score (nSPS) is 13.7. The monoisotopic (exact) mass is 723 g/mol. The van der Waals surface area contributed by atoms with Gasteiger partial charge in [-0.25, -0.2) is 0 Å². The molecule has 0 aliphatic heterocycles. The molecule has 0 aromatic carbocycles. The van der Waals surface area contributed by atoms with E-state index < -0.39 is 29.0 Å². The molecular formula is C42H94P4+4. The van der Waals surface area contributed by atoms with Crippen LogP contribution in [0.3, 0.4) is 0 Å². The minimum atomic E-state index is -0.934. The summed E-state index contributed by atoms with van der Waals surface area (Å²) >= 11 is 0. The lowest BCUT2D eigenvalue weighted by Gasteiger charge is -2.37. The van der Waals surface area contributed by atoms with Crippen molar-refractivity contribution in [3.05, 3.63) is 0 Å². The van der Waals surface area contributed by atoms with Crippen molar-refractivity contribution in [3.8, 4) is 0 Å². The van der Waals surface area contributed by atoms with Crippen LogP contribution >= 0.6 is 29.0 Å². The van der Waals surface area contributed by atoms with Crippen molar-refractivity contribution in [3.63, 3.8) is 0 Å². The van der Waals surface area contributed by atoms with Crippen molar-refractivity contribution in [2.24, 2.45) is 0 Å². The quantitative estimate of drug-likeness (QED) is 0.0494. The minimum Gasteiger partial charge on any atom is -0.0619 e. The highest BCUT2D eigenvalue weighted by Gasteiger charge is 2.46. The van der Waals surface area contributed by atoms with E-state index in [9.17, 15) is 0 Å². The predicted molar refractivity (Wildman–Crippen MR) is 236 cm³/mol. The van der Waals surface area contributed by atoms with Gasteiger partial charge in [-0.15, -0.1) is 0 Å². The van der Waals surface area contributed by atoms with Gasteiger partial charge in [-0.3, -0.25) is 0 Å². The van der Waals surface area contributed by atoms with Crippen LogP contribution in [0.2, 0.25) is 0 Å². The molecule has 0 spiro atoms. The van der Waals surface area contributed by atoms with Gasteiger partial charge in [-0.05, 0) is 132 Å². The van der Waals surface area contributed by atoms with Crippen LogP contribution in [0, 0.1) is 0 Å². The van der Waals surface area contributed by atoms with Crippen molar-refractivity contribution in [2.45, 2.75) is 197 Å². The van der Waals surface area contributed by atoms with Gasteiger partial charge in [-0.2, -0.15) is 0 Å². The highest BCUT2D eigenvalue weighted by Crippen LogP contribution is 2.70. The van der Waals surface area contributed by atoms with Gasteiger partial charge in [0.15, 0.2) is 0 Å². The van der Waals surface area contributed by atoms with E-state index in [0.717, 1.165) is 22.6 Å². The van der Waals surface area contributed by atoms with Crippen LogP contribution in [0.4, 0.5) is 0 Å². The molecule has 0 nitrogen and oxygen atoms in total. The van der Waals surface area contributed by atoms with Gasteiger partial charge in [0, 0.05) is 29.0 Å². The fourth-order valence-electron chi connectivity index (χ4n) is 10.2. The van der Waals surface area contributed by atoms with Crippen molar-refractivity contribution in [2.75, 3.05) is 73.9 Å². The zero-order valence-electron chi connectivity index (χ0n) is 35.1. The molecule has 0 aromatic rings. The van der Waals surface area contributed by atoms with Crippen molar-refractivity contribution in [1.29, 1.82) is 0 Å². The van der Waals surface area contributed by atoms with E-state index >= 15 is 0 Å². The van der Waals surface area contributed by atoms with Crippen molar-refractivity contribution < 1.29 is 0 Å². The van der Waals surface area contributed by atoms with E-state index in [1.807, 2.05) is 0 Å². The molecule has 0 amide bonds. The first-order chi connectivity index (χ1) is 21.8. The Balaban J connectivity index is 5.48. The third kappa shape index (κ3) is 15.5. The lowest BCUT2D eigenvalue weighted by molar-refractivity contribution is 0.806. The van der Waals surface area contributed by atoms with Crippen LogP contribution in [0.25, 0.3) is 0 Å². The van der Waals surface area contributed by atoms with Gasteiger partial charge >= 0.3 is 0 Å². The summed E-state index contributed by atoms with van der Waals surface area (Å²) in [5.41, 5.74) is 3.62. The van der Waals surface area contributed by atoms with Gasteiger partial charge < -0.3 is 0 Å². The Bertz CT molecular complexity index is 602. The average molecular weight is 723 g/mol. The average Bonchev–Trinajstić information content (AvgIpc) is 2.97. The second-order valence-electron chi connectivity index (χ2n) is 17.1. The van der Waals surface area contributed by atoms with E-state index in [1.54, 1.807) is 73.9 Å². The molecule has 0 N–H and O–H groups in total. The number of hydrogen-bond donors (Lipinski definition) is 0. The molecule has 0 fully saturated rings. The molecule has 0 aliphatic rings. The van der Waals surface area contributed by atoms with E-state index in [-0.39, 0.29) is 0 Å². The highest BCUT2D eigenvalue weighted by atomic mass is 31.2. The van der Waals surface area contributed by atoms with Gasteiger partial charge in [0.05, 0.1) is 96.6 Å². The smallest absolute Gasteiger partial charge is 0.0619 e. The second-order valence-corrected chi connectivity index (χ2v) is 36.3. The van der Waals surface area contributed by atoms with Gasteiger partial charge in [-0.1, -0.05) is 41.5 Å². The molecule has 4 heteroatoms. The molecule has 0 heterocycles. The summed E-state index contributed by atoms with van der Waals surface area (Å²) < 4.78 is 0. The fourth-order valence-corrected chi connectivity index (χ4v) is 30.6. The third-order valence-electron chi connectivity index (χ3n) is 12.6. The molecule has 0 unspecified atom stereocenters. The largest absolute Gasteiger partial charge is 0.0644 e. The Morgan fingerprint density at radius 2 is 0.435 bits per heavy atom. The molecule has 0 rings (SSSR count). The summed E-state index contributed by atoms with van der Waals surface area (Å²) in [7, 11) is -3.28. The van der Waals surface area contributed by atoms with Crippen LogP contribution in [-0.4, -0.2) is 96.6 Å². The molecule has 0 aliphatic carbocycles. The lowest BCUT2D eigenvalue weighted by Crippen LogP contribution is -2.24. The maximum atomic E-state index is 2.62. The van der Waals surface area contributed by atoms with Crippen LogP contribution in [0.5, 0.6) is 0 Å². The Labute approximate surface area is 298 Å². The summed E-state index contributed by atoms with van der Waals surface area (Å²) in [5.74, 6) is 0. The van der Waals surface area contributed by atoms with Gasteiger partial charge in [0.2, 0.25) is 0 Å². The molecule has 0 radical (unpaired) electrons. The first kappa shape index (κ1) is 47.7. The third-order valence-corrected chi connectivity index (χ3v) is 36.3. The number of rotatable bonds is 31. The zero-order valence-corrected chi connectivity index (χ0v) is 38.6. The number of unbranched alkanes of at least 4 members (excludes halogenated alkanes) is 3. The summed E-state index contributed by atoms with van der Waals surface area (Å²) in [6.45, 7) is 35.6. The standard InChI is InChI=1S/C42H94P4/c1-15-27-43(28-16-2,29-17-3)33-21-23-35-45(39(7)8,40(9)10)37-25-26-38-46(41(11)12,42(13)14)36-24-22-34-44(30-18-4,31-19-5)32-20-6/h39-42H,15-38H2,1-14H3/q+4. The lowest BCUT2D eigenvalue weighted by atomic mass is 10.4. The second kappa shape index (κ2) is 25.6. The molecular weight excluding hydrogens is 628 g/mol. The van der Waals surface area contributed by atoms with Crippen LogP contribution in [0.1, 0.15) is 174 Å². The van der Waals surface area contributed by atoms with Gasteiger partial charge in [0.25, 0.3) is 0 Å². The molecule has 46 heavy (non-hydrogen) atoms. The minimum absolute atomic E-state index is 0.704. The van der Waals surface area contributed by atoms with E-state index in [0.29, 0.717) is 0 Å².